The van der Waals surface area contributed by atoms with Gasteiger partial charge in [-0.1, -0.05) is 35.5 Å². The van der Waals surface area contributed by atoms with E-state index < -0.39 is 33.0 Å². The maximum Gasteiger partial charge on any atom is 0.416 e. The number of nitrogens with one attached hydrogen (secondary N) is 1. The first-order valence-corrected chi connectivity index (χ1v) is 14.5. The third-order valence-corrected chi connectivity index (χ3v) is 8.30. The Kier molecular flexibility index (Phi) is 8.86. The Hall–Kier alpha value is -4.45. The van der Waals surface area contributed by atoms with Crippen LogP contribution in [0.5, 0.6) is 0 Å². The van der Waals surface area contributed by atoms with E-state index in [4.69, 9.17) is 4.52 Å². The van der Waals surface area contributed by atoms with Gasteiger partial charge in [0.25, 0.3) is 11.5 Å². The van der Waals surface area contributed by atoms with Crippen LogP contribution in [0.25, 0.3) is 5.69 Å². The fourth-order valence-corrected chi connectivity index (χ4v) is 5.46. The van der Waals surface area contributed by atoms with Crippen LogP contribution in [0.4, 0.5) is 13.2 Å². The van der Waals surface area contributed by atoms with E-state index in [9.17, 15) is 31.2 Å². The average molecular weight is 600 g/mol. The number of carbonyl (C=O) groups is 1. The molecule has 0 atom stereocenters. The number of pyridine rings is 1. The summed E-state index contributed by atoms with van der Waals surface area (Å²) >= 11 is 0. The first-order valence-electron chi connectivity index (χ1n) is 12.8. The molecule has 0 aliphatic heterocycles. The lowest BCUT2D eigenvalue weighted by Crippen LogP contribution is -2.33. The number of nitrogens with zero attached hydrogens (tertiary/aromatic N) is 2. The van der Waals surface area contributed by atoms with Gasteiger partial charge < -0.3 is 9.84 Å². The standard InChI is InChI=1S/C30H28F3N3O5S/c1-19-10-15-27(29(38)36(19)24-8-6-7-23(17-24)30(31,32)33)28(37)34-18-22-11-13-25(14-12-22)42(39,40)16-5-4-9-26-20(2)35-41-21(26)3/h4-8,10-15,17H,9,16,18H2,1-3H3,(H,34,37). The molecule has 220 valence electrons. The summed E-state index contributed by atoms with van der Waals surface area (Å²) in [6, 6.07) is 13.1. The maximum atomic E-state index is 13.2. The van der Waals surface area contributed by atoms with Crippen LogP contribution in [-0.2, 0) is 29.0 Å². The lowest BCUT2D eigenvalue weighted by Gasteiger charge is -2.14. The highest BCUT2D eigenvalue weighted by atomic mass is 32.2. The zero-order chi connectivity index (χ0) is 30.7. The van der Waals surface area contributed by atoms with Gasteiger partial charge in [0.1, 0.15) is 11.3 Å². The van der Waals surface area contributed by atoms with Gasteiger partial charge in [-0.2, -0.15) is 13.2 Å². The number of alkyl halides is 3. The van der Waals surface area contributed by atoms with Crippen molar-refractivity contribution >= 4 is 15.7 Å². The Balaban J connectivity index is 1.42. The Morgan fingerprint density at radius 2 is 1.74 bits per heavy atom. The molecule has 4 rings (SSSR count). The fourth-order valence-electron chi connectivity index (χ4n) is 4.32. The number of sulfone groups is 1. The number of carbonyl (C=O) groups excluding carboxylic acids is 1. The van der Waals surface area contributed by atoms with Gasteiger partial charge in [0.2, 0.25) is 0 Å². The van der Waals surface area contributed by atoms with Gasteiger partial charge in [0.05, 0.1) is 21.9 Å². The van der Waals surface area contributed by atoms with Crippen molar-refractivity contribution in [3.63, 3.8) is 0 Å². The van der Waals surface area contributed by atoms with Crippen LogP contribution in [0.3, 0.4) is 0 Å². The number of amides is 1. The van der Waals surface area contributed by atoms with E-state index in [1.165, 1.54) is 36.4 Å². The molecule has 0 unspecified atom stereocenters. The Morgan fingerprint density at radius 1 is 1.02 bits per heavy atom. The van der Waals surface area contributed by atoms with E-state index in [2.05, 4.69) is 10.5 Å². The number of hydrogen-bond donors (Lipinski definition) is 1. The second-order valence-corrected chi connectivity index (χ2v) is 11.7. The van der Waals surface area contributed by atoms with Gasteiger partial charge in [0.15, 0.2) is 9.84 Å². The second kappa shape index (κ2) is 12.2. The van der Waals surface area contributed by atoms with Crippen molar-refractivity contribution in [2.75, 3.05) is 5.75 Å². The highest BCUT2D eigenvalue weighted by Crippen LogP contribution is 2.30. The Bertz CT molecular complexity index is 1790. The van der Waals surface area contributed by atoms with Gasteiger partial charge in [-0.25, -0.2) is 8.42 Å². The predicted octanol–water partition coefficient (Wildman–Crippen LogP) is 5.27. The summed E-state index contributed by atoms with van der Waals surface area (Å²) in [6.45, 7) is 5.15. The third-order valence-electron chi connectivity index (χ3n) is 6.67. The molecule has 1 N–H and O–H groups in total. The molecule has 0 aliphatic rings. The van der Waals surface area contributed by atoms with Crippen LogP contribution < -0.4 is 10.9 Å². The SMILES string of the molecule is Cc1noc(C)c1CC=CCS(=O)(=O)c1ccc(CNC(=O)c2ccc(C)n(-c3cccc(C(F)(F)F)c3)c2=O)cc1. The molecule has 42 heavy (non-hydrogen) atoms. The summed E-state index contributed by atoms with van der Waals surface area (Å²) in [7, 11) is -3.59. The molecule has 2 heterocycles. The largest absolute Gasteiger partial charge is 0.416 e. The predicted molar refractivity (Wildman–Crippen MR) is 150 cm³/mol. The minimum Gasteiger partial charge on any atom is -0.361 e. The van der Waals surface area contributed by atoms with E-state index in [-0.39, 0.29) is 28.4 Å². The van der Waals surface area contributed by atoms with Crippen molar-refractivity contribution in [2.45, 2.75) is 44.8 Å². The lowest BCUT2D eigenvalue weighted by atomic mass is 10.1. The molecule has 0 saturated heterocycles. The molecule has 2 aromatic heterocycles. The van der Waals surface area contributed by atoms with Crippen LogP contribution in [0, 0.1) is 20.8 Å². The fraction of sp³-hybridized carbons (Fsp3) is 0.233. The zero-order valence-electron chi connectivity index (χ0n) is 23.0. The minimum atomic E-state index is -4.59. The molecule has 2 aromatic carbocycles. The van der Waals surface area contributed by atoms with Gasteiger partial charge in [-0.05, 0) is 75.2 Å². The highest BCUT2D eigenvalue weighted by Gasteiger charge is 2.30. The highest BCUT2D eigenvalue weighted by molar-refractivity contribution is 7.91. The molecular formula is C30H28F3N3O5S. The summed E-state index contributed by atoms with van der Waals surface area (Å²) < 4.78 is 71.2. The number of hydrogen-bond acceptors (Lipinski definition) is 6. The first kappa shape index (κ1) is 30.5. The van der Waals surface area contributed by atoms with Crippen molar-refractivity contribution in [3.05, 3.63) is 123 Å². The van der Waals surface area contributed by atoms with Crippen LogP contribution in [0.2, 0.25) is 0 Å². The molecule has 4 aromatic rings. The zero-order valence-corrected chi connectivity index (χ0v) is 23.8. The van der Waals surface area contributed by atoms with Gasteiger partial charge in [-0.3, -0.25) is 14.2 Å². The normalized spacial score (nSPS) is 12.1. The molecule has 0 fully saturated rings. The van der Waals surface area contributed by atoms with Crippen LogP contribution in [0.15, 0.2) is 87.0 Å². The summed E-state index contributed by atoms with van der Waals surface area (Å²) in [5.41, 5.74) is 0.655. The number of aromatic nitrogens is 2. The first-order chi connectivity index (χ1) is 19.8. The lowest BCUT2D eigenvalue weighted by molar-refractivity contribution is -0.137. The molecule has 0 saturated carbocycles. The molecular weight excluding hydrogens is 571 g/mol. The van der Waals surface area contributed by atoms with Crippen molar-refractivity contribution < 1.29 is 30.9 Å². The number of benzene rings is 2. The van der Waals surface area contributed by atoms with Crippen molar-refractivity contribution in [1.29, 1.82) is 0 Å². The molecule has 12 heteroatoms. The van der Waals surface area contributed by atoms with Crippen molar-refractivity contribution in [3.8, 4) is 5.69 Å². The van der Waals surface area contributed by atoms with Crippen molar-refractivity contribution in [1.82, 2.24) is 15.0 Å². The van der Waals surface area contributed by atoms with E-state index in [1.54, 1.807) is 38.1 Å². The molecule has 8 nitrogen and oxygen atoms in total. The second-order valence-electron chi connectivity index (χ2n) is 9.66. The third kappa shape index (κ3) is 6.88. The molecule has 0 bridgehead atoms. The topological polar surface area (TPSA) is 111 Å². The smallest absolute Gasteiger partial charge is 0.361 e. The van der Waals surface area contributed by atoms with Crippen LogP contribution in [0.1, 0.15) is 44.2 Å². The molecule has 0 spiro atoms. The maximum absolute atomic E-state index is 13.2. The van der Waals surface area contributed by atoms with Gasteiger partial charge in [-0.15, -0.1) is 0 Å². The van der Waals surface area contributed by atoms with E-state index >= 15 is 0 Å². The van der Waals surface area contributed by atoms with Gasteiger partial charge >= 0.3 is 6.18 Å². The Labute approximate surface area is 240 Å². The van der Waals surface area contributed by atoms with Crippen LogP contribution in [-0.4, -0.2) is 29.8 Å². The Morgan fingerprint density at radius 3 is 2.38 bits per heavy atom. The average Bonchev–Trinajstić information content (AvgIpc) is 3.26. The van der Waals surface area contributed by atoms with E-state index in [1.807, 2.05) is 6.92 Å². The monoisotopic (exact) mass is 599 g/mol. The summed E-state index contributed by atoms with van der Waals surface area (Å²) in [4.78, 5) is 26.1. The van der Waals surface area contributed by atoms with E-state index in [0.717, 1.165) is 28.0 Å². The summed E-state index contributed by atoms with van der Waals surface area (Å²) in [5, 5.41) is 6.48. The van der Waals surface area contributed by atoms with Crippen LogP contribution >= 0.6 is 0 Å². The number of aryl methyl sites for hydroxylation is 3. The van der Waals surface area contributed by atoms with E-state index in [0.29, 0.717) is 23.4 Å². The minimum absolute atomic E-state index is 0.00657. The quantitative estimate of drug-likeness (QED) is 0.263. The summed E-state index contributed by atoms with van der Waals surface area (Å²) in [6.07, 6.45) is -0.768. The molecule has 0 aliphatic carbocycles. The molecule has 0 radical (unpaired) electrons. The number of rotatable bonds is 9. The van der Waals surface area contributed by atoms with Gasteiger partial charge in [0, 0.05) is 23.5 Å². The number of allylic oxidation sites excluding steroid dienone is 1. The van der Waals surface area contributed by atoms with Crippen molar-refractivity contribution in [2.24, 2.45) is 0 Å². The molecule has 1 amide bonds. The summed E-state index contributed by atoms with van der Waals surface area (Å²) in [5.74, 6) is -0.231. The number of halogens is 3.